The van der Waals surface area contributed by atoms with E-state index in [1.54, 1.807) is 7.05 Å². The van der Waals surface area contributed by atoms with Crippen molar-refractivity contribution in [1.29, 1.82) is 5.26 Å². The SMILES string of the molecule is CNC(=O)CSc1ncncc1C#N. The Morgan fingerprint density at radius 2 is 2.57 bits per heavy atom. The molecular weight excluding hydrogens is 200 g/mol. The van der Waals surface area contributed by atoms with Crippen molar-refractivity contribution in [3.05, 3.63) is 18.1 Å². The lowest BCUT2D eigenvalue weighted by molar-refractivity contribution is -0.118. The van der Waals surface area contributed by atoms with Gasteiger partial charge in [-0.15, -0.1) is 0 Å². The molecule has 0 unspecified atom stereocenters. The quantitative estimate of drug-likeness (QED) is 0.566. The fourth-order valence-electron chi connectivity index (χ4n) is 0.716. The van der Waals surface area contributed by atoms with Crippen LogP contribution in [0.25, 0.3) is 0 Å². The van der Waals surface area contributed by atoms with Crippen LogP contribution in [0, 0.1) is 11.3 Å². The summed E-state index contributed by atoms with van der Waals surface area (Å²) in [5.74, 6) is 0.153. The molecule has 1 amide bonds. The van der Waals surface area contributed by atoms with Gasteiger partial charge in [-0.25, -0.2) is 9.97 Å². The average molecular weight is 208 g/mol. The number of hydrogen-bond donors (Lipinski definition) is 1. The number of nitrogens with one attached hydrogen (secondary N) is 1. The minimum Gasteiger partial charge on any atom is -0.358 e. The highest BCUT2D eigenvalue weighted by Crippen LogP contribution is 2.17. The molecule has 5 nitrogen and oxygen atoms in total. The van der Waals surface area contributed by atoms with E-state index in [2.05, 4.69) is 15.3 Å². The molecule has 0 fully saturated rings. The summed E-state index contributed by atoms with van der Waals surface area (Å²) in [5, 5.41) is 11.7. The number of carbonyl (C=O) groups excluding carboxylic acids is 1. The maximum Gasteiger partial charge on any atom is 0.230 e. The molecule has 14 heavy (non-hydrogen) atoms. The number of carbonyl (C=O) groups is 1. The number of amides is 1. The van der Waals surface area contributed by atoms with Crippen molar-refractivity contribution in [2.45, 2.75) is 5.03 Å². The van der Waals surface area contributed by atoms with Crippen LogP contribution in [0.4, 0.5) is 0 Å². The molecule has 1 rings (SSSR count). The van der Waals surface area contributed by atoms with Gasteiger partial charge >= 0.3 is 0 Å². The molecule has 0 aliphatic heterocycles. The summed E-state index contributed by atoms with van der Waals surface area (Å²) in [4.78, 5) is 18.5. The fraction of sp³-hybridized carbons (Fsp3) is 0.250. The molecule has 0 saturated heterocycles. The number of thioether (sulfide) groups is 1. The minimum atomic E-state index is -0.0995. The Labute approximate surface area is 85.6 Å². The van der Waals surface area contributed by atoms with E-state index in [-0.39, 0.29) is 11.7 Å². The van der Waals surface area contributed by atoms with E-state index < -0.39 is 0 Å². The van der Waals surface area contributed by atoms with Gasteiger partial charge < -0.3 is 5.32 Å². The van der Waals surface area contributed by atoms with Crippen molar-refractivity contribution < 1.29 is 4.79 Å². The van der Waals surface area contributed by atoms with Gasteiger partial charge in [0, 0.05) is 13.2 Å². The van der Waals surface area contributed by atoms with E-state index in [1.165, 1.54) is 24.3 Å². The van der Waals surface area contributed by atoms with Gasteiger partial charge in [0.05, 0.1) is 5.75 Å². The van der Waals surface area contributed by atoms with Crippen LogP contribution in [-0.2, 0) is 4.79 Å². The van der Waals surface area contributed by atoms with Crippen molar-refractivity contribution in [1.82, 2.24) is 15.3 Å². The van der Waals surface area contributed by atoms with Crippen molar-refractivity contribution >= 4 is 17.7 Å². The zero-order valence-corrected chi connectivity index (χ0v) is 8.34. The Bertz CT molecular complexity index is 374. The van der Waals surface area contributed by atoms with Crippen molar-refractivity contribution in [3.63, 3.8) is 0 Å². The Morgan fingerprint density at radius 3 is 3.21 bits per heavy atom. The lowest BCUT2D eigenvalue weighted by Crippen LogP contribution is -2.19. The largest absolute Gasteiger partial charge is 0.358 e. The van der Waals surface area contributed by atoms with Gasteiger partial charge in [0.15, 0.2) is 0 Å². The molecule has 0 atom stereocenters. The highest BCUT2D eigenvalue weighted by molar-refractivity contribution is 7.99. The van der Waals surface area contributed by atoms with Gasteiger partial charge in [-0.05, 0) is 0 Å². The van der Waals surface area contributed by atoms with Crippen LogP contribution in [-0.4, -0.2) is 28.7 Å². The molecule has 0 radical (unpaired) electrons. The Balaban J connectivity index is 2.68. The Kier molecular flexibility index (Phi) is 3.88. The van der Waals surface area contributed by atoms with Crippen LogP contribution in [0.3, 0.4) is 0 Å². The number of nitriles is 1. The molecule has 1 heterocycles. The van der Waals surface area contributed by atoms with E-state index in [0.29, 0.717) is 10.6 Å². The van der Waals surface area contributed by atoms with E-state index in [4.69, 9.17) is 5.26 Å². The lowest BCUT2D eigenvalue weighted by atomic mass is 10.4. The summed E-state index contributed by atoms with van der Waals surface area (Å²) >= 11 is 1.22. The first-order valence-corrected chi connectivity index (χ1v) is 4.80. The number of aromatic nitrogens is 2. The normalized spacial score (nSPS) is 9.14. The maximum absolute atomic E-state index is 10.9. The number of nitrogens with zero attached hydrogens (tertiary/aromatic N) is 3. The van der Waals surface area contributed by atoms with Gasteiger partial charge in [-0.1, -0.05) is 11.8 Å². The maximum atomic E-state index is 10.9. The summed E-state index contributed by atoms with van der Waals surface area (Å²) in [6.45, 7) is 0. The van der Waals surface area contributed by atoms with Crippen molar-refractivity contribution in [3.8, 4) is 6.07 Å². The van der Waals surface area contributed by atoms with Crippen LogP contribution in [0.15, 0.2) is 17.6 Å². The Morgan fingerprint density at radius 1 is 1.79 bits per heavy atom. The zero-order valence-electron chi connectivity index (χ0n) is 7.52. The number of rotatable bonds is 3. The van der Waals surface area contributed by atoms with Crippen molar-refractivity contribution in [2.75, 3.05) is 12.8 Å². The second-order valence-corrected chi connectivity index (χ2v) is 3.28. The molecule has 6 heteroatoms. The first kappa shape index (κ1) is 10.5. The van der Waals surface area contributed by atoms with E-state index >= 15 is 0 Å². The molecule has 0 bridgehead atoms. The first-order valence-electron chi connectivity index (χ1n) is 3.81. The molecule has 72 valence electrons. The van der Waals surface area contributed by atoms with Crippen molar-refractivity contribution in [2.24, 2.45) is 0 Å². The molecule has 0 saturated carbocycles. The number of hydrogen-bond acceptors (Lipinski definition) is 5. The smallest absolute Gasteiger partial charge is 0.230 e. The van der Waals surface area contributed by atoms with Crippen LogP contribution in [0.2, 0.25) is 0 Å². The molecular formula is C8H8N4OS. The van der Waals surface area contributed by atoms with Crippen LogP contribution >= 0.6 is 11.8 Å². The minimum absolute atomic E-state index is 0.0995. The topological polar surface area (TPSA) is 78.7 Å². The third-order valence-corrected chi connectivity index (χ3v) is 2.42. The van der Waals surface area contributed by atoms with Gasteiger partial charge in [0.25, 0.3) is 0 Å². The second kappa shape index (κ2) is 5.19. The highest BCUT2D eigenvalue weighted by atomic mass is 32.2. The standard InChI is InChI=1S/C8H8N4OS/c1-10-7(13)4-14-8-6(2-9)3-11-5-12-8/h3,5H,4H2,1H3,(H,10,13). The van der Waals surface area contributed by atoms with Gasteiger partial charge in [-0.2, -0.15) is 5.26 Å². The van der Waals surface area contributed by atoms with Crippen LogP contribution in [0.5, 0.6) is 0 Å². The molecule has 0 aromatic carbocycles. The lowest BCUT2D eigenvalue weighted by Gasteiger charge is -2.00. The Hall–Kier alpha value is -1.61. The highest BCUT2D eigenvalue weighted by Gasteiger charge is 2.06. The molecule has 1 N–H and O–H groups in total. The van der Waals surface area contributed by atoms with E-state index in [1.807, 2.05) is 6.07 Å². The van der Waals surface area contributed by atoms with E-state index in [0.717, 1.165) is 0 Å². The third kappa shape index (κ3) is 2.71. The van der Waals surface area contributed by atoms with Crippen LogP contribution in [0.1, 0.15) is 5.56 Å². The third-order valence-electron chi connectivity index (χ3n) is 1.41. The average Bonchev–Trinajstić information content (AvgIpc) is 2.26. The summed E-state index contributed by atoms with van der Waals surface area (Å²) in [7, 11) is 1.56. The molecule has 0 spiro atoms. The molecule has 1 aromatic rings. The van der Waals surface area contributed by atoms with E-state index in [9.17, 15) is 4.79 Å². The van der Waals surface area contributed by atoms with Gasteiger partial charge in [0.2, 0.25) is 5.91 Å². The predicted octanol–water partition coefficient (Wildman–Crippen LogP) is 0.186. The fourth-order valence-corrected chi connectivity index (χ4v) is 1.50. The second-order valence-electron chi connectivity index (χ2n) is 2.32. The van der Waals surface area contributed by atoms with Gasteiger partial charge in [-0.3, -0.25) is 4.79 Å². The summed E-state index contributed by atoms with van der Waals surface area (Å²) < 4.78 is 0. The predicted molar refractivity (Wildman–Crippen MR) is 51.5 cm³/mol. The monoisotopic (exact) mass is 208 g/mol. The van der Waals surface area contributed by atoms with Gasteiger partial charge in [0.1, 0.15) is 23.0 Å². The summed E-state index contributed by atoms with van der Waals surface area (Å²) in [6, 6.07) is 1.96. The molecule has 0 aliphatic carbocycles. The summed E-state index contributed by atoms with van der Waals surface area (Å²) in [5.41, 5.74) is 0.390. The first-order chi connectivity index (χ1) is 6.77. The molecule has 1 aromatic heterocycles. The molecule has 0 aliphatic rings. The zero-order chi connectivity index (χ0) is 10.4. The summed E-state index contributed by atoms with van der Waals surface area (Å²) in [6.07, 6.45) is 2.78. The van der Waals surface area contributed by atoms with Crippen LogP contribution < -0.4 is 5.32 Å².